The first kappa shape index (κ1) is 14.7. The summed E-state index contributed by atoms with van der Waals surface area (Å²) in [6, 6.07) is 8.89. The molecule has 0 fully saturated rings. The minimum Gasteiger partial charge on any atom is -0.506 e. The second-order valence-corrected chi connectivity index (χ2v) is 6.21. The van der Waals surface area contributed by atoms with Gasteiger partial charge >= 0.3 is 0 Å². The SMILES string of the molecule is O=[N+]([O-])c1cc(O)c2c(c1)C1C=CCC1C(c1ccc(F)cc1)N2. The van der Waals surface area contributed by atoms with Crippen LogP contribution in [0.1, 0.15) is 29.5 Å². The van der Waals surface area contributed by atoms with E-state index in [4.69, 9.17) is 0 Å². The lowest BCUT2D eigenvalue weighted by Crippen LogP contribution is -2.29. The third-order valence-corrected chi connectivity index (χ3v) is 4.87. The summed E-state index contributed by atoms with van der Waals surface area (Å²) in [5.74, 6) is -0.272. The van der Waals surface area contributed by atoms with Crippen LogP contribution in [0, 0.1) is 21.8 Å². The van der Waals surface area contributed by atoms with Gasteiger partial charge in [0.25, 0.3) is 5.69 Å². The van der Waals surface area contributed by atoms with Crippen LogP contribution in [0.5, 0.6) is 5.75 Å². The van der Waals surface area contributed by atoms with E-state index in [0.29, 0.717) is 5.69 Å². The summed E-state index contributed by atoms with van der Waals surface area (Å²) in [6.07, 6.45) is 4.91. The smallest absolute Gasteiger partial charge is 0.273 e. The van der Waals surface area contributed by atoms with Gasteiger partial charge in [-0.25, -0.2) is 4.39 Å². The predicted molar refractivity (Wildman–Crippen MR) is 87.5 cm³/mol. The molecule has 1 aliphatic heterocycles. The number of halogens is 1. The molecule has 2 aliphatic rings. The summed E-state index contributed by atoms with van der Waals surface area (Å²) >= 11 is 0. The van der Waals surface area contributed by atoms with Crippen molar-refractivity contribution in [2.75, 3.05) is 5.32 Å². The molecular weight excluding hydrogens is 311 g/mol. The number of nitrogens with zero attached hydrogens (tertiary/aromatic N) is 1. The topological polar surface area (TPSA) is 75.4 Å². The molecule has 0 saturated heterocycles. The lowest BCUT2D eigenvalue weighted by molar-refractivity contribution is -0.385. The van der Waals surface area contributed by atoms with Gasteiger partial charge in [-0.05, 0) is 35.6 Å². The Morgan fingerprint density at radius 3 is 2.71 bits per heavy atom. The Labute approximate surface area is 137 Å². The van der Waals surface area contributed by atoms with Crippen molar-refractivity contribution in [3.8, 4) is 5.75 Å². The van der Waals surface area contributed by atoms with Gasteiger partial charge in [0.2, 0.25) is 0 Å². The van der Waals surface area contributed by atoms with Crippen molar-refractivity contribution in [2.24, 2.45) is 5.92 Å². The summed E-state index contributed by atoms with van der Waals surface area (Å²) in [6.45, 7) is 0. The fourth-order valence-corrected chi connectivity index (χ4v) is 3.77. The number of hydrogen-bond acceptors (Lipinski definition) is 4. The monoisotopic (exact) mass is 326 g/mol. The van der Waals surface area contributed by atoms with Crippen molar-refractivity contribution in [1.29, 1.82) is 0 Å². The van der Waals surface area contributed by atoms with Crippen LogP contribution in [0.2, 0.25) is 0 Å². The molecule has 4 rings (SSSR count). The fourth-order valence-electron chi connectivity index (χ4n) is 3.77. The maximum atomic E-state index is 13.2. The molecule has 0 amide bonds. The van der Waals surface area contributed by atoms with E-state index < -0.39 is 4.92 Å². The van der Waals surface area contributed by atoms with Crippen LogP contribution in [0.25, 0.3) is 0 Å². The normalized spacial score (nSPS) is 24.1. The van der Waals surface area contributed by atoms with Crippen molar-refractivity contribution >= 4 is 11.4 Å². The van der Waals surface area contributed by atoms with Crippen molar-refractivity contribution in [1.82, 2.24) is 0 Å². The number of allylic oxidation sites excluding steroid dienone is 2. The van der Waals surface area contributed by atoms with Crippen LogP contribution in [0.3, 0.4) is 0 Å². The number of non-ortho nitro benzene ring substituents is 1. The summed E-state index contributed by atoms with van der Waals surface area (Å²) in [5, 5.41) is 24.6. The van der Waals surface area contributed by atoms with Crippen molar-refractivity contribution in [2.45, 2.75) is 18.4 Å². The van der Waals surface area contributed by atoms with Crippen molar-refractivity contribution in [3.05, 3.63) is 75.6 Å². The van der Waals surface area contributed by atoms with Gasteiger partial charge < -0.3 is 10.4 Å². The standard InChI is InChI=1S/C18H15FN2O3/c19-11-6-4-10(5-7-11)17-14-3-1-2-13(14)15-8-12(21(23)24)9-16(22)18(15)20-17/h1-2,4-9,13-14,17,20,22H,3H2. The van der Waals surface area contributed by atoms with E-state index in [0.717, 1.165) is 23.6 Å². The number of phenols is 1. The number of aromatic hydroxyl groups is 1. The highest BCUT2D eigenvalue weighted by Gasteiger charge is 2.39. The van der Waals surface area contributed by atoms with Crippen LogP contribution >= 0.6 is 0 Å². The molecule has 122 valence electrons. The van der Waals surface area contributed by atoms with Gasteiger partial charge in [-0.15, -0.1) is 0 Å². The number of nitro groups is 1. The minimum atomic E-state index is -0.500. The van der Waals surface area contributed by atoms with Crippen molar-refractivity contribution in [3.63, 3.8) is 0 Å². The number of anilines is 1. The van der Waals surface area contributed by atoms with Gasteiger partial charge in [0.05, 0.1) is 22.7 Å². The molecule has 5 nitrogen and oxygen atoms in total. The summed E-state index contributed by atoms with van der Waals surface area (Å²) < 4.78 is 13.2. The van der Waals surface area contributed by atoms with Crippen LogP contribution in [0.4, 0.5) is 15.8 Å². The molecule has 6 heteroatoms. The van der Waals surface area contributed by atoms with E-state index >= 15 is 0 Å². The Morgan fingerprint density at radius 1 is 1.25 bits per heavy atom. The number of hydrogen-bond donors (Lipinski definition) is 2. The maximum absolute atomic E-state index is 13.2. The molecule has 0 aromatic heterocycles. The zero-order valence-electron chi connectivity index (χ0n) is 12.6. The molecule has 0 spiro atoms. The Kier molecular flexibility index (Phi) is 3.26. The number of nitro benzene ring substituents is 1. The van der Waals surface area contributed by atoms with E-state index in [9.17, 15) is 19.6 Å². The second kappa shape index (κ2) is 5.33. The van der Waals surface area contributed by atoms with E-state index in [1.165, 1.54) is 18.2 Å². The van der Waals surface area contributed by atoms with Crippen LogP contribution in [-0.2, 0) is 0 Å². The van der Waals surface area contributed by atoms with Gasteiger partial charge in [0.1, 0.15) is 11.6 Å². The predicted octanol–water partition coefficient (Wildman–Crippen LogP) is 4.27. The molecule has 3 atom stereocenters. The number of benzene rings is 2. The highest BCUT2D eigenvalue weighted by molar-refractivity contribution is 5.70. The molecule has 24 heavy (non-hydrogen) atoms. The molecule has 2 N–H and O–H groups in total. The van der Waals surface area contributed by atoms with E-state index in [1.807, 2.05) is 6.08 Å². The molecular formula is C18H15FN2O3. The molecule has 2 aromatic carbocycles. The highest BCUT2D eigenvalue weighted by atomic mass is 19.1. The van der Waals surface area contributed by atoms with E-state index in [-0.39, 0.29) is 35.1 Å². The lowest BCUT2D eigenvalue weighted by atomic mass is 9.76. The molecule has 0 radical (unpaired) electrons. The lowest BCUT2D eigenvalue weighted by Gasteiger charge is -2.37. The van der Waals surface area contributed by atoms with Gasteiger partial charge in [-0.2, -0.15) is 0 Å². The Bertz CT molecular complexity index is 848. The molecule has 1 heterocycles. The minimum absolute atomic E-state index is 0.0119. The summed E-state index contributed by atoms with van der Waals surface area (Å²) in [7, 11) is 0. The first-order chi connectivity index (χ1) is 11.5. The zero-order chi connectivity index (χ0) is 16.8. The quantitative estimate of drug-likeness (QED) is 0.374. The van der Waals surface area contributed by atoms with Crippen molar-refractivity contribution < 1.29 is 14.4 Å². The average Bonchev–Trinajstić information content (AvgIpc) is 3.05. The third-order valence-electron chi connectivity index (χ3n) is 4.87. The van der Waals surface area contributed by atoms with Crippen LogP contribution in [-0.4, -0.2) is 10.0 Å². The van der Waals surface area contributed by atoms with Crippen LogP contribution in [0.15, 0.2) is 48.6 Å². The highest BCUT2D eigenvalue weighted by Crippen LogP contribution is 2.52. The van der Waals surface area contributed by atoms with Gasteiger partial charge in [0.15, 0.2) is 0 Å². The van der Waals surface area contributed by atoms with E-state index in [1.54, 1.807) is 12.1 Å². The first-order valence-corrected chi connectivity index (χ1v) is 7.74. The number of rotatable bonds is 2. The fraction of sp³-hybridized carbons (Fsp3) is 0.222. The Balaban J connectivity index is 1.82. The maximum Gasteiger partial charge on any atom is 0.273 e. The van der Waals surface area contributed by atoms with E-state index in [2.05, 4.69) is 11.4 Å². The van der Waals surface area contributed by atoms with Gasteiger partial charge in [0, 0.05) is 12.0 Å². The molecule has 0 bridgehead atoms. The van der Waals surface area contributed by atoms with Crippen LogP contribution < -0.4 is 5.32 Å². The molecule has 3 unspecified atom stereocenters. The number of nitrogens with one attached hydrogen (secondary N) is 1. The molecule has 0 saturated carbocycles. The molecule has 1 aliphatic carbocycles. The van der Waals surface area contributed by atoms with Gasteiger partial charge in [-0.1, -0.05) is 24.3 Å². The molecule has 2 aromatic rings. The number of fused-ring (bicyclic) bond motifs is 3. The largest absolute Gasteiger partial charge is 0.506 e. The third kappa shape index (κ3) is 2.22. The first-order valence-electron chi connectivity index (χ1n) is 7.74. The second-order valence-electron chi connectivity index (χ2n) is 6.21. The van der Waals surface area contributed by atoms with Gasteiger partial charge in [-0.3, -0.25) is 10.1 Å². The Hall–Kier alpha value is -2.89. The summed E-state index contributed by atoms with van der Waals surface area (Å²) in [4.78, 5) is 10.6. The average molecular weight is 326 g/mol. The Morgan fingerprint density at radius 2 is 2.00 bits per heavy atom. The number of phenolic OH excluding ortho intramolecular Hbond substituents is 1. The summed E-state index contributed by atoms with van der Waals surface area (Å²) in [5.41, 5.74) is 2.06. The zero-order valence-corrected chi connectivity index (χ0v) is 12.6.